The molecule has 4 heteroatoms. The summed E-state index contributed by atoms with van der Waals surface area (Å²) in [4.78, 5) is 5.49. The van der Waals surface area contributed by atoms with Crippen LogP contribution in [0.2, 0.25) is 0 Å². The molecular weight excluding hydrogens is 218 g/mol. The summed E-state index contributed by atoms with van der Waals surface area (Å²) in [5.41, 5.74) is 1.16. The van der Waals surface area contributed by atoms with E-state index < -0.39 is 0 Å². The fourth-order valence-corrected chi connectivity index (χ4v) is 1.82. The molecule has 1 fully saturated rings. The van der Waals surface area contributed by atoms with Gasteiger partial charge in [-0.3, -0.25) is 4.84 Å². The number of aliphatic hydroxyl groups is 1. The molecule has 94 valence electrons. The molecule has 1 aliphatic heterocycles. The van der Waals surface area contributed by atoms with E-state index in [-0.39, 0.29) is 12.8 Å². The number of methoxy groups -OCH3 is 1. The van der Waals surface area contributed by atoms with Crippen molar-refractivity contribution < 1.29 is 14.7 Å². The van der Waals surface area contributed by atoms with E-state index in [1.165, 1.54) is 0 Å². The summed E-state index contributed by atoms with van der Waals surface area (Å²) >= 11 is 0. The van der Waals surface area contributed by atoms with Crippen LogP contribution in [0, 0.1) is 0 Å². The van der Waals surface area contributed by atoms with Gasteiger partial charge in [0.1, 0.15) is 5.75 Å². The van der Waals surface area contributed by atoms with Gasteiger partial charge < -0.3 is 9.84 Å². The van der Waals surface area contributed by atoms with Crippen molar-refractivity contribution in [3.05, 3.63) is 29.8 Å². The highest BCUT2D eigenvalue weighted by molar-refractivity contribution is 5.29. The lowest BCUT2D eigenvalue weighted by Gasteiger charge is -2.01. The van der Waals surface area contributed by atoms with E-state index >= 15 is 0 Å². The Morgan fingerprint density at radius 3 is 2.65 bits per heavy atom. The fraction of sp³-hybridized carbons (Fsp3) is 0.538. The van der Waals surface area contributed by atoms with Crippen molar-refractivity contribution in [3.8, 4) is 5.75 Å². The van der Waals surface area contributed by atoms with Crippen LogP contribution < -0.4 is 4.74 Å². The van der Waals surface area contributed by atoms with Crippen LogP contribution in [0.4, 0.5) is 0 Å². The van der Waals surface area contributed by atoms with Crippen molar-refractivity contribution in [3.63, 3.8) is 0 Å². The van der Waals surface area contributed by atoms with Gasteiger partial charge in [-0.15, -0.1) is 0 Å². The Balaban J connectivity index is 1.73. The molecule has 4 nitrogen and oxygen atoms in total. The summed E-state index contributed by atoms with van der Waals surface area (Å²) in [6.45, 7) is 1.21. The normalized spacial score (nSPS) is 22.5. The highest BCUT2D eigenvalue weighted by Gasteiger charge is 2.36. The van der Waals surface area contributed by atoms with Crippen LogP contribution in [-0.2, 0) is 4.84 Å². The zero-order valence-corrected chi connectivity index (χ0v) is 10.1. The van der Waals surface area contributed by atoms with Gasteiger partial charge in [-0.25, -0.2) is 0 Å². The summed E-state index contributed by atoms with van der Waals surface area (Å²) in [5, 5.41) is 10.6. The van der Waals surface area contributed by atoms with Gasteiger partial charge in [0.15, 0.2) is 6.23 Å². The van der Waals surface area contributed by atoms with E-state index in [9.17, 15) is 0 Å². The number of hydrogen-bond donors (Lipinski definition) is 1. The maximum absolute atomic E-state index is 8.67. The molecule has 0 radical (unpaired) electrons. The van der Waals surface area contributed by atoms with E-state index in [0.717, 1.165) is 37.1 Å². The quantitative estimate of drug-likeness (QED) is 0.582. The van der Waals surface area contributed by atoms with Crippen molar-refractivity contribution in [2.24, 2.45) is 0 Å². The van der Waals surface area contributed by atoms with Crippen LogP contribution in [0.1, 0.15) is 31.1 Å². The lowest BCUT2D eigenvalue weighted by Crippen LogP contribution is -2.01. The second-order valence-corrected chi connectivity index (χ2v) is 4.16. The molecule has 1 aliphatic rings. The molecule has 2 unspecified atom stereocenters. The summed E-state index contributed by atoms with van der Waals surface area (Å²) in [6, 6.07) is 7.94. The van der Waals surface area contributed by atoms with Gasteiger partial charge in [-0.05, 0) is 37.0 Å². The first-order chi connectivity index (χ1) is 8.35. The SMILES string of the molecule is COc1ccc(C2ON2CCCCCO)cc1. The van der Waals surface area contributed by atoms with Gasteiger partial charge >= 0.3 is 0 Å². The number of unbranched alkanes of at least 4 members (excludes halogenated alkanes) is 2. The summed E-state index contributed by atoms with van der Waals surface area (Å²) in [5.74, 6) is 0.865. The first kappa shape index (κ1) is 12.4. The molecule has 17 heavy (non-hydrogen) atoms. The molecule has 1 aromatic rings. The van der Waals surface area contributed by atoms with Crippen molar-refractivity contribution in [2.45, 2.75) is 25.5 Å². The summed E-state index contributed by atoms with van der Waals surface area (Å²) in [7, 11) is 1.66. The predicted octanol–water partition coefficient (Wildman–Crippen LogP) is 2.10. The molecule has 1 heterocycles. The second kappa shape index (κ2) is 6.00. The second-order valence-electron chi connectivity index (χ2n) is 4.16. The number of aliphatic hydroxyl groups excluding tert-OH is 1. The van der Waals surface area contributed by atoms with Crippen LogP contribution in [0.3, 0.4) is 0 Å². The lowest BCUT2D eigenvalue weighted by molar-refractivity contribution is 0.193. The topological polar surface area (TPSA) is 45.0 Å². The number of benzene rings is 1. The molecule has 2 rings (SSSR count). The number of hydrogen-bond acceptors (Lipinski definition) is 4. The monoisotopic (exact) mass is 237 g/mol. The van der Waals surface area contributed by atoms with E-state index in [0.29, 0.717) is 0 Å². The van der Waals surface area contributed by atoms with Crippen LogP contribution in [0.5, 0.6) is 5.75 Å². The number of ether oxygens (including phenoxy) is 1. The number of nitrogens with zero attached hydrogens (tertiary/aromatic N) is 1. The summed E-state index contributed by atoms with van der Waals surface area (Å²) < 4.78 is 5.11. The zero-order chi connectivity index (χ0) is 12.1. The van der Waals surface area contributed by atoms with Gasteiger partial charge in [-0.1, -0.05) is 12.1 Å². The Kier molecular flexibility index (Phi) is 4.36. The average Bonchev–Trinajstić information content (AvgIpc) is 3.14. The number of rotatable bonds is 7. The fourth-order valence-electron chi connectivity index (χ4n) is 1.82. The smallest absolute Gasteiger partial charge is 0.179 e. The maximum Gasteiger partial charge on any atom is 0.179 e. The Morgan fingerprint density at radius 1 is 1.24 bits per heavy atom. The molecule has 0 bridgehead atoms. The standard InChI is InChI=1S/C13H19NO3/c1-16-12-7-5-11(6-8-12)13-14(17-13)9-3-2-4-10-15/h5-8,13,15H,2-4,9-10H2,1H3. The molecular formula is C13H19NO3. The van der Waals surface area contributed by atoms with Crippen molar-refractivity contribution in [2.75, 3.05) is 20.3 Å². The van der Waals surface area contributed by atoms with E-state index in [1.807, 2.05) is 29.3 Å². The molecule has 0 saturated carbocycles. The van der Waals surface area contributed by atoms with E-state index in [2.05, 4.69) is 0 Å². The highest BCUT2D eigenvalue weighted by atomic mass is 16.8. The Bertz CT molecular complexity index is 339. The molecule has 0 spiro atoms. The predicted molar refractivity (Wildman–Crippen MR) is 64.5 cm³/mol. The van der Waals surface area contributed by atoms with Crippen molar-refractivity contribution in [1.29, 1.82) is 0 Å². The third-order valence-electron chi connectivity index (χ3n) is 2.89. The van der Waals surface area contributed by atoms with E-state index in [4.69, 9.17) is 14.7 Å². The third-order valence-corrected chi connectivity index (χ3v) is 2.89. The minimum absolute atomic E-state index is 0.107. The molecule has 0 amide bonds. The highest BCUT2D eigenvalue weighted by Crippen LogP contribution is 2.37. The van der Waals surface area contributed by atoms with Gasteiger partial charge in [0.25, 0.3) is 0 Å². The van der Waals surface area contributed by atoms with Gasteiger partial charge in [0, 0.05) is 13.2 Å². The molecule has 1 aromatic carbocycles. The first-order valence-corrected chi connectivity index (χ1v) is 6.03. The molecule has 1 N–H and O–H groups in total. The Labute approximate surface area is 102 Å². The van der Waals surface area contributed by atoms with Gasteiger partial charge in [-0.2, -0.15) is 5.06 Å². The van der Waals surface area contributed by atoms with Crippen LogP contribution in [-0.4, -0.2) is 30.4 Å². The molecule has 0 aromatic heterocycles. The first-order valence-electron chi connectivity index (χ1n) is 6.03. The van der Waals surface area contributed by atoms with Crippen molar-refractivity contribution >= 4 is 0 Å². The van der Waals surface area contributed by atoms with Crippen molar-refractivity contribution in [1.82, 2.24) is 5.06 Å². The molecule has 1 saturated heterocycles. The largest absolute Gasteiger partial charge is 0.497 e. The Morgan fingerprint density at radius 2 is 2.00 bits per heavy atom. The van der Waals surface area contributed by atoms with Crippen LogP contribution >= 0.6 is 0 Å². The van der Waals surface area contributed by atoms with Gasteiger partial charge in [0.2, 0.25) is 0 Å². The zero-order valence-electron chi connectivity index (χ0n) is 10.1. The van der Waals surface area contributed by atoms with Gasteiger partial charge in [0.05, 0.1) is 7.11 Å². The lowest BCUT2D eigenvalue weighted by atomic mass is 10.2. The summed E-state index contributed by atoms with van der Waals surface area (Å²) in [6.07, 6.45) is 3.09. The van der Waals surface area contributed by atoms with E-state index in [1.54, 1.807) is 7.11 Å². The minimum atomic E-state index is 0.107. The van der Waals surface area contributed by atoms with Crippen LogP contribution in [0.15, 0.2) is 24.3 Å². The Hall–Kier alpha value is -1.10. The molecule has 0 aliphatic carbocycles. The van der Waals surface area contributed by atoms with Crippen LogP contribution in [0.25, 0.3) is 0 Å². The number of hydroxylamine groups is 2. The minimum Gasteiger partial charge on any atom is -0.497 e. The maximum atomic E-state index is 8.67. The average molecular weight is 237 g/mol. The molecule has 2 atom stereocenters. The third kappa shape index (κ3) is 3.43.